The topological polar surface area (TPSA) is 85.6 Å². The van der Waals surface area contributed by atoms with Crippen molar-refractivity contribution in [1.29, 1.82) is 0 Å². The number of rotatable bonds is 7. The van der Waals surface area contributed by atoms with Gasteiger partial charge < -0.3 is 0 Å². The fraction of sp³-hybridized carbons (Fsp3) is 0.174. The Morgan fingerprint density at radius 2 is 1.78 bits per heavy atom. The molecule has 0 unspecified atom stereocenters. The molecule has 32 heavy (non-hydrogen) atoms. The van der Waals surface area contributed by atoms with Crippen LogP contribution in [-0.2, 0) is 19.3 Å². The minimum atomic E-state index is -0.482. The van der Waals surface area contributed by atoms with Gasteiger partial charge in [0.15, 0.2) is 11.6 Å². The van der Waals surface area contributed by atoms with Crippen LogP contribution in [0.3, 0.4) is 0 Å². The summed E-state index contributed by atoms with van der Waals surface area (Å²) in [5, 5.41) is 7.05. The van der Waals surface area contributed by atoms with Gasteiger partial charge in [-0.05, 0) is 49.6 Å². The van der Waals surface area contributed by atoms with Gasteiger partial charge >= 0.3 is 0 Å². The number of carbonyl (C=O) groups is 1. The summed E-state index contributed by atoms with van der Waals surface area (Å²) in [6.07, 6.45) is 3.86. The lowest BCUT2D eigenvalue weighted by Crippen LogP contribution is -2.17. The van der Waals surface area contributed by atoms with E-state index in [2.05, 4.69) is 25.4 Å². The second kappa shape index (κ2) is 9.42. The van der Waals surface area contributed by atoms with Crippen molar-refractivity contribution in [3.05, 3.63) is 95.2 Å². The van der Waals surface area contributed by atoms with Crippen LogP contribution in [0.4, 0.5) is 14.7 Å². The first-order chi connectivity index (χ1) is 15.5. The van der Waals surface area contributed by atoms with E-state index in [4.69, 9.17) is 0 Å². The van der Waals surface area contributed by atoms with Crippen LogP contribution >= 0.6 is 0 Å². The van der Waals surface area contributed by atoms with Crippen molar-refractivity contribution in [2.24, 2.45) is 0 Å². The lowest BCUT2D eigenvalue weighted by Gasteiger charge is -2.10. The van der Waals surface area contributed by atoms with Crippen molar-refractivity contribution in [3.63, 3.8) is 0 Å². The van der Waals surface area contributed by atoms with E-state index in [-0.39, 0.29) is 29.7 Å². The van der Waals surface area contributed by atoms with E-state index >= 15 is 0 Å². The first-order valence-corrected chi connectivity index (χ1v) is 10.1. The molecule has 0 aliphatic carbocycles. The van der Waals surface area contributed by atoms with Crippen molar-refractivity contribution in [1.82, 2.24) is 24.7 Å². The standard InChI is InChI=1S/C23H20F2N6O/c1-2-18-21(25)19(28-23(27-18)29-22(32)15-6-4-3-5-7-15)10-9-17-12-13-31(30-17)20-11-8-16(24)14-26-20/h3-8,11-14H,2,9-10H2,1H3,(H,27,28,29,32). The van der Waals surface area contributed by atoms with Crippen LogP contribution in [0.15, 0.2) is 60.9 Å². The summed E-state index contributed by atoms with van der Waals surface area (Å²) in [7, 11) is 0. The first kappa shape index (κ1) is 21.2. The van der Waals surface area contributed by atoms with Crippen LogP contribution in [0.2, 0.25) is 0 Å². The largest absolute Gasteiger partial charge is 0.290 e. The Labute approximate surface area is 183 Å². The fourth-order valence-electron chi connectivity index (χ4n) is 3.14. The highest BCUT2D eigenvalue weighted by Crippen LogP contribution is 2.16. The van der Waals surface area contributed by atoms with E-state index in [0.29, 0.717) is 29.9 Å². The van der Waals surface area contributed by atoms with Crippen LogP contribution in [0.1, 0.15) is 34.4 Å². The second-order valence-electron chi connectivity index (χ2n) is 7.01. The van der Waals surface area contributed by atoms with Gasteiger partial charge in [-0.2, -0.15) is 5.10 Å². The molecule has 3 heterocycles. The molecule has 1 N–H and O–H groups in total. The number of aromatic nitrogens is 5. The zero-order valence-corrected chi connectivity index (χ0v) is 17.3. The second-order valence-corrected chi connectivity index (χ2v) is 7.01. The van der Waals surface area contributed by atoms with E-state index < -0.39 is 11.6 Å². The molecule has 1 amide bonds. The SMILES string of the molecule is CCc1nc(NC(=O)c2ccccc2)nc(CCc2ccn(-c3ccc(F)cn3)n2)c1F. The van der Waals surface area contributed by atoms with Crippen molar-refractivity contribution in [2.75, 3.05) is 5.32 Å². The summed E-state index contributed by atoms with van der Waals surface area (Å²) in [4.78, 5) is 24.8. The number of nitrogens with zero attached hydrogens (tertiary/aromatic N) is 5. The quantitative estimate of drug-likeness (QED) is 0.476. The summed E-state index contributed by atoms with van der Waals surface area (Å²) < 4.78 is 29.4. The number of hydrogen-bond donors (Lipinski definition) is 1. The highest BCUT2D eigenvalue weighted by atomic mass is 19.1. The number of hydrogen-bond acceptors (Lipinski definition) is 5. The molecular formula is C23H20F2N6O. The fourth-order valence-corrected chi connectivity index (χ4v) is 3.14. The number of benzene rings is 1. The molecule has 0 spiro atoms. The molecule has 9 heteroatoms. The minimum Gasteiger partial charge on any atom is -0.290 e. The number of anilines is 1. The Balaban J connectivity index is 1.50. The molecule has 4 aromatic rings. The van der Waals surface area contributed by atoms with E-state index in [9.17, 15) is 13.6 Å². The molecule has 3 aromatic heterocycles. The summed E-state index contributed by atoms with van der Waals surface area (Å²) in [5.74, 6) is -0.735. The Morgan fingerprint density at radius 3 is 2.50 bits per heavy atom. The third kappa shape index (κ3) is 4.83. The number of amides is 1. The van der Waals surface area contributed by atoms with Crippen molar-refractivity contribution in [2.45, 2.75) is 26.2 Å². The summed E-state index contributed by atoms with van der Waals surface area (Å²) >= 11 is 0. The Hall–Kier alpha value is -4.01. The van der Waals surface area contributed by atoms with Crippen molar-refractivity contribution >= 4 is 11.9 Å². The third-order valence-corrected chi connectivity index (χ3v) is 4.79. The average Bonchev–Trinajstić information content (AvgIpc) is 3.29. The molecule has 0 aliphatic heterocycles. The van der Waals surface area contributed by atoms with Crippen molar-refractivity contribution in [3.8, 4) is 5.82 Å². The van der Waals surface area contributed by atoms with Gasteiger partial charge in [-0.25, -0.2) is 28.4 Å². The number of aryl methyl sites for hydroxylation is 3. The van der Waals surface area contributed by atoms with Crippen LogP contribution in [0, 0.1) is 11.6 Å². The molecule has 0 saturated carbocycles. The van der Waals surface area contributed by atoms with Crippen molar-refractivity contribution < 1.29 is 13.6 Å². The van der Waals surface area contributed by atoms with E-state index in [0.717, 1.165) is 6.20 Å². The van der Waals surface area contributed by atoms with Gasteiger partial charge in [0.05, 0.1) is 23.3 Å². The molecule has 0 saturated heterocycles. The van der Waals surface area contributed by atoms with Crippen LogP contribution in [-0.4, -0.2) is 30.6 Å². The summed E-state index contributed by atoms with van der Waals surface area (Å²) in [6.45, 7) is 1.79. The monoisotopic (exact) mass is 434 g/mol. The molecule has 0 fully saturated rings. The molecule has 0 aliphatic rings. The first-order valence-electron chi connectivity index (χ1n) is 10.1. The smallest absolute Gasteiger partial charge is 0.258 e. The molecule has 7 nitrogen and oxygen atoms in total. The third-order valence-electron chi connectivity index (χ3n) is 4.79. The highest BCUT2D eigenvalue weighted by Gasteiger charge is 2.16. The molecule has 0 atom stereocenters. The molecule has 4 rings (SSSR count). The van der Waals surface area contributed by atoms with Gasteiger partial charge in [-0.3, -0.25) is 10.1 Å². The zero-order valence-electron chi connectivity index (χ0n) is 17.3. The van der Waals surface area contributed by atoms with Gasteiger partial charge in [0.1, 0.15) is 5.82 Å². The number of carbonyl (C=O) groups excluding carboxylic acids is 1. The lowest BCUT2D eigenvalue weighted by molar-refractivity contribution is 0.102. The molecule has 162 valence electrons. The summed E-state index contributed by atoms with van der Waals surface area (Å²) in [6, 6.07) is 13.3. The maximum absolute atomic E-state index is 14.8. The maximum Gasteiger partial charge on any atom is 0.258 e. The van der Waals surface area contributed by atoms with Gasteiger partial charge in [0, 0.05) is 11.8 Å². The van der Waals surface area contributed by atoms with Gasteiger partial charge in [-0.1, -0.05) is 25.1 Å². The average molecular weight is 434 g/mol. The zero-order chi connectivity index (χ0) is 22.5. The van der Waals surface area contributed by atoms with E-state index in [1.54, 1.807) is 43.5 Å². The Bertz CT molecular complexity index is 1230. The lowest BCUT2D eigenvalue weighted by atomic mass is 10.1. The highest BCUT2D eigenvalue weighted by molar-refractivity contribution is 6.03. The number of pyridine rings is 1. The Morgan fingerprint density at radius 1 is 1.00 bits per heavy atom. The van der Waals surface area contributed by atoms with Crippen LogP contribution < -0.4 is 5.32 Å². The predicted octanol–water partition coefficient (Wildman–Crippen LogP) is 3.94. The maximum atomic E-state index is 14.8. The van der Waals surface area contributed by atoms with E-state index in [1.807, 2.05) is 6.07 Å². The summed E-state index contributed by atoms with van der Waals surface area (Å²) in [5.41, 5.74) is 1.59. The minimum absolute atomic E-state index is 0.0631. The normalized spacial score (nSPS) is 10.8. The van der Waals surface area contributed by atoms with Gasteiger partial charge in [0.25, 0.3) is 5.91 Å². The molecule has 0 radical (unpaired) electrons. The van der Waals surface area contributed by atoms with Crippen LogP contribution in [0.5, 0.6) is 0 Å². The van der Waals surface area contributed by atoms with E-state index in [1.165, 1.54) is 16.8 Å². The molecular weight excluding hydrogens is 414 g/mol. The molecule has 1 aromatic carbocycles. The van der Waals surface area contributed by atoms with Gasteiger partial charge in [0.2, 0.25) is 5.95 Å². The van der Waals surface area contributed by atoms with Gasteiger partial charge in [-0.15, -0.1) is 0 Å². The van der Waals surface area contributed by atoms with Crippen LogP contribution in [0.25, 0.3) is 5.82 Å². The predicted molar refractivity (Wildman–Crippen MR) is 114 cm³/mol. The Kier molecular flexibility index (Phi) is 6.25. The number of halogens is 2. The number of nitrogens with one attached hydrogen (secondary N) is 1. The molecule has 0 bridgehead atoms.